The van der Waals surface area contributed by atoms with Crippen molar-refractivity contribution in [2.45, 2.75) is 0 Å². The first-order valence-corrected chi connectivity index (χ1v) is 8.68. The third-order valence-corrected chi connectivity index (χ3v) is 5.30. The molecule has 4 nitrogen and oxygen atoms in total. The van der Waals surface area contributed by atoms with Crippen LogP contribution in [0.5, 0.6) is 0 Å². The average Bonchev–Trinajstić information content (AvgIpc) is 3.08. The van der Waals surface area contributed by atoms with Gasteiger partial charge in [-0.2, -0.15) is 0 Å². The lowest BCUT2D eigenvalue weighted by molar-refractivity contribution is 0.0747. The molecule has 1 aliphatic heterocycles. The Morgan fingerprint density at radius 3 is 2.46 bits per heavy atom. The van der Waals surface area contributed by atoms with Gasteiger partial charge in [0, 0.05) is 31.7 Å². The molecule has 0 aliphatic carbocycles. The molecule has 122 valence electrons. The number of piperazine rings is 1. The molecule has 0 saturated carbocycles. The van der Waals surface area contributed by atoms with Crippen LogP contribution in [0, 0.1) is 5.82 Å². The fourth-order valence-electron chi connectivity index (χ4n) is 2.90. The fourth-order valence-corrected chi connectivity index (χ4v) is 3.93. The van der Waals surface area contributed by atoms with Crippen LogP contribution in [0.1, 0.15) is 10.4 Å². The highest BCUT2D eigenvalue weighted by atomic mass is 32.1. The van der Waals surface area contributed by atoms with Crippen molar-refractivity contribution in [3.8, 4) is 0 Å². The fraction of sp³-hybridized carbons (Fsp3) is 0.222. The summed E-state index contributed by atoms with van der Waals surface area (Å²) in [5.41, 5.74) is 1.15. The summed E-state index contributed by atoms with van der Waals surface area (Å²) in [6.07, 6.45) is 0. The van der Waals surface area contributed by atoms with E-state index < -0.39 is 0 Å². The van der Waals surface area contributed by atoms with Crippen LogP contribution in [0.3, 0.4) is 0 Å². The van der Waals surface area contributed by atoms with Gasteiger partial charge in [0.15, 0.2) is 5.13 Å². The molecule has 2 aromatic carbocycles. The van der Waals surface area contributed by atoms with E-state index in [1.165, 1.54) is 17.4 Å². The van der Waals surface area contributed by atoms with E-state index in [4.69, 9.17) is 0 Å². The van der Waals surface area contributed by atoms with E-state index in [9.17, 15) is 9.18 Å². The summed E-state index contributed by atoms with van der Waals surface area (Å²) in [5, 5.41) is 0.821. The van der Waals surface area contributed by atoms with Gasteiger partial charge in [-0.25, -0.2) is 9.37 Å². The van der Waals surface area contributed by atoms with Gasteiger partial charge in [-0.15, -0.1) is 0 Å². The minimum absolute atomic E-state index is 0.0607. The van der Waals surface area contributed by atoms with Gasteiger partial charge in [-0.3, -0.25) is 4.79 Å². The highest BCUT2D eigenvalue weighted by molar-refractivity contribution is 7.22. The number of nitrogens with zero attached hydrogens (tertiary/aromatic N) is 3. The van der Waals surface area contributed by atoms with Gasteiger partial charge in [0.05, 0.1) is 4.70 Å². The van der Waals surface area contributed by atoms with Gasteiger partial charge in [0.25, 0.3) is 5.91 Å². The van der Waals surface area contributed by atoms with Crippen molar-refractivity contribution in [1.29, 1.82) is 0 Å². The molecule has 1 aromatic heterocycles. The molecule has 0 atom stereocenters. The van der Waals surface area contributed by atoms with E-state index in [1.54, 1.807) is 6.07 Å². The van der Waals surface area contributed by atoms with Gasteiger partial charge < -0.3 is 9.80 Å². The number of amides is 1. The molecule has 0 bridgehead atoms. The molecular formula is C18H16FN3OS. The van der Waals surface area contributed by atoms with Gasteiger partial charge in [-0.05, 0) is 24.3 Å². The molecule has 0 spiro atoms. The summed E-state index contributed by atoms with van der Waals surface area (Å²) in [6.45, 7) is 2.71. The van der Waals surface area contributed by atoms with Crippen LogP contribution in [0.15, 0.2) is 48.5 Å². The zero-order valence-electron chi connectivity index (χ0n) is 13.0. The van der Waals surface area contributed by atoms with E-state index >= 15 is 0 Å². The van der Waals surface area contributed by atoms with Gasteiger partial charge in [0.2, 0.25) is 0 Å². The Labute approximate surface area is 143 Å². The first-order valence-electron chi connectivity index (χ1n) is 7.87. The molecule has 1 saturated heterocycles. The summed E-state index contributed by atoms with van der Waals surface area (Å²) in [5.74, 6) is -0.224. The summed E-state index contributed by atoms with van der Waals surface area (Å²) >= 11 is 1.50. The topological polar surface area (TPSA) is 36.4 Å². The predicted octanol–water partition coefficient (Wildman–Crippen LogP) is 3.40. The first-order chi connectivity index (χ1) is 11.7. The molecule has 0 radical (unpaired) electrons. The second kappa shape index (κ2) is 6.20. The number of benzene rings is 2. The maximum atomic E-state index is 13.8. The van der Waals surface area contributed by atoms with Crippen molar-refractivity contribution in [2.24, 2.45) is 0 Å². The van der Waals surface area contributed by atoms with Crippen LogP contribution in [0.4, 0.5) is 9.52 Å². The highest BCUT2D eigenvalue weighted by Crippen LogP contribution is 2.30. The number of thiazole rings is 1. The average molecular weight is 341 g/mol. The van der Waals surface area contributed by atoms with E-state index in [1.807, 2.05) is 41.3 Å². The number of carbonyl (C=O) groups excluding carboxylic acids is 1. The van der Waals surface area contributed by atoms with Crippen molar-refractivity contribution in [2.75, 3.05) is 31.1 Å². The molecule has 6 heteroatoms. The lowest BCUT2D eigenvalue weighted by Crippen LogP contribution is -2.48. The quantitative estimate of drug-likeness (QED) is 0.717. The molecule has 0 unspecified atom stereocenters. The second-order valence-corrected chi connectivity index (χ2v) is 6.74. The Bertz CT molecular complexity index is 872. The minimum Gasteiger partial charge on any atom is -0.345 e. The second-order valence-electron chi connectivity index (χ2n) is 5.73. The summed E-state index contributed by atoms with van der Waals surface area (Å²) in [4.78, 5) is 20.9. The van der Waals surface area contributed by atoms with Crippen molar-refractivity contribution < 1.29 is 9.18 Å². The van der Waals surface area contributed by atoms with Crippen LogP contribution in [-0.4, -0.2) is 42.0 Å². The van der Waals surface area contributed by atoms with E-state index in [0.29, 0.717) is 37.3 Å². The van der Waals surface area contributed by atoms with Crippen molar-refractivity contribution in [1.82, 2.24) is 9.88 Å². The van der Waals surface area contributed by atoms with Crippen molar-refractivity contribution >= 4 is 32.6 Å². The van der Waals surface area contributed by atoms with Crippen LogP contribution in [-0.2, 0) is 0 Å². The molecule has 24 heavy (non-hydrogen) atoms. The number of rotatable bonds is 2. The van der Waals surface area contributed by atoms with Crippen LogP contribution >= 0.6 is 11.3 Å². The van der Waals surface area contributed by atoms with E-state index in [2.05, 4.69) is 9.88 Å². The molecule has 1 aliphatic rings. The maximum Gasteiger partial charge on any atom is 0.253 e. The number of fused-ring (bicyclic) bond motifs is 1. The lowest BCUT2D eigenvalue weighted by Gasteiger charge is -2.34. The molecule has 3 aromatic rings. The SMILES string of the molecule is O=C(c1ccccc1)N1CCN(c2nc3c(F)cccc3s2)CC1. The summed E-state index contributed by atoms with van der Waals surface area (Å²) < 4.78 is 14.6. The number of anilines is 1. The number of para-hydroxylation sites is 1. The Morgan fingerprint density at radius 1 is 1.00 bits per heavy atom. The summed E-state index contributed by atoms with van der Waals surface area (Å²) in [7, 11) is 0. The lowest BCUT2D eigenvalue weighted by atomic mass is 10.2. The molecule has 4 rings (SSSR count). The van der Waals surface area contributed by atoms with Crippen LogP contribution < -0.4 is 4.90 Å². The normalized spacial score (nSPS) is 15.0. The standard InChI is InChI=1S/C18H16FN3OS/c19-14-7-4-8-15-16(14)20-18(24-15)22-11-9-21(10-12-22)17(23)13-5-2-1-3-6-13/h1-8H,9-12H2. The number of hydrogen-bond donors (Lipinski definition) is 0. The maximum absolute atomic E-state index is 13.8. The van der Waals surface area contributed by atoms with E-state index in [0.717, 1.165) is 9.83 Å². The third kappa shape index (κ3) is 2.73. The minimum atomic E-state index is -0.284. The Morgan fingerprint density at radius 2 is 1.75 bits per heavy atom. The monoisotopic (exact) mass is 341 g/mol. The Kier molecular flexibility index (Phi) is 3.90. The number of carbonyl (C=O) groups is 1. The zero-order valence-corrected chi connectivity index (χ0v) is 13.8. The van der Waals surface area contributed by atoms with Gasteiger partial charge in [-0.1, -0.05) is 35.6 Å². The van der Waals surface area contributed by atoms with Crippen LogP contribution in [0.2, 0.25) is 0 Å². The van der Waals surface area contributed by atoms with Crippen LogP contribution in [0.25, 0.3) is 10.2 Å². The molecular weight excluding hydrogens is 325 g/mol. The Hall–Kier alpha value is -2.47. The Balaban J connectivity index is 1.47. The zero-order chi connectivity index (χ0) is 16.5. The summed E-state index contributed by atoms with van der Waals surface area (Å²) in [6, 6.07) is 14.3. The number of hydrogen-bond acceptors (Lipinski definition) is 4. The predicted molar refractivity (Wildman–Crippen MR) is 94.1 cm³/mol. The number of halogens is 1. The smallest absolute Gasteiger partial charge is 0.253 e. The largest absolute Gasteiger partial charge is 0.345 e. The molecule has 0 N–H and O–H groups in total. The number of aromatic nitrogens is 1. The van der Waals surface area contributed by atoms with Gasteiger partial charge in [0.1, 0.15) is 11.3 Å². The molecule has 1 amide bonds. The van der Waals surface area contributed by atoms with Crippen molar-refractivity contribution in [3.63, 3.8) is 0 Å². The molecule has 2 heterocycles. The molecule has 1 fully saturated rings. The third-order valence-electron chi connectivity index (χ3n) is 4.22. The highest BCUT2D eigenvalue weighted by Gasteiger charge is 2.24. The van der Waals surface area contributed by atoms with Crippen molar-refractivity contribution in [3.05, 3.63) is 59.9 Å². The van der Waals surface area contributed by atoms with E-state index in [-0.39, 0.29) is 11.7 Å². The first kappa shape index (κ1) is 15.1. The van der Waals surface area contributed by atoms with Gasteiger partial charge >= 0.3 is 0 Å².